The molecule has 2 aliphatic rings. The Morgan fingerprint density at radius 2 is 1.28 bits per heavy atom. The van der Waals surface area contributed by atoms with Crippen molar-refractivity contribution in [1.29, 1.82) is 0 Å². The second kappa shape index (κ2) is 18.1. The molecule has 16 nitrogen and oxygen atoms in total. The van der Waals surface area contributed by atoms with E-state index in [-0.39, 0.29) is 47.6 Å². The number of H-pyrrole nitrogens is 2. The van der Waals surface area contributed by atoms with Crippen molar-refractivity contribution in [3.05, 3.63) is 58.7 Å². The molecule has 1 aromatic carbocycles. The number of nitrogens with one attached hydrogen (secondary N) is 4. The second-order valence-corrected chi connectivity index (χ2v) is 16.3. The lowest BCUT2D eigenvalue weighted by Gasteiger charge is -2.30. The van der Waals surface area contributed by atoms with Gasteiger partial charge >= 0.3 is 12.2 Å². The molecule has 4 amide bonds. The van der Waals surface area contributed by atoms with E-state index in [1.165, 1.54) is 14.2 Å². The summed E-state index contributed by atoms with van der Waals surface area (Å²) in [5.41, 5.74) is 4.25. The van der Waals surface area contributed by atoms with Gasteiger partial charge in [0.25, 0.3) is 0 Å². The zero-order valence-corrected chi connectivity index (χ0v) is 34.8. The number of carbonyl (C=O) groups is 4. The van der Waals surface area contributed by atoms with Gasteiger partial charge in [0.2, 0.25) is 11.8 Å². The standard InChI is InChI=1S/C41H50N10O6S/c1-22(2)32(46-40(54)56-7)38(52)50-20-24(5)16-30(50)36-42-18-28(44-36)11-9-10-26-12-13-27(35-34(26)48-58-49-35)14-15-29-19-43-37(45-29)31-17-25(6)21-51(31)39(53)33(23(3)4)47-41(55)57-8/h12-13,18-19,22-25,30-33H,10,16-17,20-21H2,1-8H3,(H,42,44)(H,43,45)(H,46,54)(H,47,55). The number of fused-ring (bicyclic) bond motifs is 1. The van der Waals surface area contributed by atoms with Gasteiger partial charge in [0, 0.05) is 19.5 Å². The minimum absolute atomic E-state index is 0.132. The van der Waals surface area contributed by atoms with E-state index in [0.717, 1.165) is 35.6 Å². The highest BCUT2D eigenvalue weighted by Crippen LogP contribution is 2.36. The summed E-state index contributed by atoms with van der Waals surface area (Å²) in [6.07, 6.45) is 3.92. The lowest BCUT2D eigenvalue weighted by molar-refractivity contribution is -0.136. The largest absolute Gasteiger partial charge is 0.453 e. The molecular formula is C41H50N10O6S. The van der Waals surface area contributed by atoms with Crippen molar-refractivity contribution in [2.45, 2.75) is 85.0 Å². The highest BCUT2D eigenvalue weighted by atomic mass is 32.1. The smallest absolute Gasteiger partial charge is 0.407 e. The van der Waals surface area contributed by atoms with Crippen LogP contribution in [0.4, 0.5) is 9.59 Å². The summed E-state index contributed by atoms with van der Waals surface area (Å²) in [5.74, 6) is 13.9. The lowest BCUT2D eigenvalue weighted by Crippen LogP contribution is -2.51. The fraction of sp³-hybridized carbons (Fsp3) is 0.512. The molecule has 2 aliphatic heterocycles. The van der Waals surface area contributed by atoms with Crippen LogP contribution in [0.5, 0.6) is 0 Å². The van der Waals surface area contributed by atoms with E-state index in [2.05, 4.69) is 76.8 Å². The van der Waals surface area contributed by atoms with Gasteiger partial charge in [-0.1, -0.05) is 59.4 Å². The van der Waals surface area contributed by atoms with E-state index in [9.17, 15) is 19.2 Å². The van der Waals surface area contributed by atoms with Crippen LogP contribution in [0.3, 0.4) is 0 Å². The number of aromatic amines is 2. The van der Waals surface area contributed by atoms with Crippen LogP contribution in [-0.4, -0.2) is 102 Å². The van der Waals surface area contributed by atoms with Gasteiger partial charge in [-0.3, -0.25) is 9.59 Å². The van der Waals surface area contributed by atoms with Crippen molar-refractivity contribution in [2.24, 2.45) is 23.7 Å². The fourth-order valence-corrected chi connectivity index (χ4v) is 8.12. The number of alkyl carbamates (subject to hydrolysis) is 2. The Hall–Kier alpha value is -5.94. The SMILES string of the molecule is COC(=O)NC(C(=O)N1CC(C)CC1c1ncc(C#CCc2ccc(C#Cc3cnc(C4CC(C)CN4C(=O)C(NC(=O)OC)C(C)C)[nH]3)c3nsnc23)[nH]1)C(C)C. The molecule has 0 radical (unpaired) electrons. The number of aromatic nitrogens is 6. The molecule has 0 saturated carbocycles. The van der Waals surface area contributed by atoms with Gasteiger partial charge < -0.3 is 39.9 Å². The Labute approximate surface area is 342 Å². The van der Waals surface area contributed by atoms with Crippen molar-refractivity contribution in [3.8, 4) is 23.7 Å². The lowest BCUT2D eigenvalue weighted by atomic mass is 10.0. The van der Waals surface area contributed by atoms with Gasteiger partial charge in [-0.15, -0.1) is 0 Å². The maximum absolute atomic E-state index is 13.6. The molecule has 6 atom stereocenters. The molecule has 5 heterocycles. The number of hydrogen-bond donors (Lipinski definition) is 4. The van der Waals surface area contributed by atoms with Crippen molar-refractivity contribution < 1.29 is 28.7 Å². The number of methoxy groups -OCH3 is 2. The number of benzene rings is 1. The molecule has 4 aromatic rings. The molecule has 2 saturated heterocycles. The maximum atomic E-state index is 13.6. The Balaban J connectivity index is 1.13. The molecule has 306 valence electrons. The first-order chi connectivity index (χ1) is 27.8. The van der Waals surface area contributed by atoms with Gasteiger partial charge in [-0.25, -0.2) is 19.6 Å². The van der Waals surface area contributed by atoms with E-state index >= 15 is 0 Å². The Morgan fingerprint density at radius 3 is 1.78 bits per heavy atom. The summed E-state index contributed by atoms with van der Waals surface area (Å²) in [5, 5.41) is 5.37. The summed E-state index contributed by atoms with van der Waals surface area (Å²) in [4.78, 5) is 70.6. The van der Waals surface area contributed by atoms with Crippen LogP contribution in [0.2, 0.25) is 0 Å². The number of hydrogen-bond acceptors (Lipinski definition) is 11. The van der Waals surface area contributed by atoms with E-state index in [4.69, 9.17) is 9.47 Å². The van der Waals surface area contributed by atoms with Crippen LogP contribution in [-0.2, 0) is 25.5 Å². The van der Waals surface area contributed by atoms with Crippen LogP contribution in [0.25, 0.3) is 11.0 Å². The molecular weight excluding hydrogens is 761 g/mol. The van der Waals surface area contributed by atoms with Crippen LogP contribution >= 0.6 is 11.7 Å². The Kier molecular flexibility index (Phi) is 13.0. The first-order valence-corrected chi connectivity index (χ1v) is 20.2. The highest BCUT2D eigenvalue weighted by molar-refractivity contribution is 7.00. The number of rotatable bonds is 9. The number of carbonyl (C=O) groups excluding carboxylic acids is 4. The van der Waals surface area contributed by atoms with Crippen LogP contribution in [0.15, 0.2) is 24.5 Å². The Morgan fingerprint density at radius 1 is 0.776 bits per heavy atom. The average molecular weight is 811 g/mol. The van der Waals surface area contributed by atoms with Crippen LogP contribution < -0.4 is 10.6 Å². The minimum Gasteiger partial charge on any atom is -0.453 e. The molecule has 58 heavy (non-hydrogen) atoms. The summed E-state index contributed by atoms with van der Waals surface area (Å²) in [6, 6.07) is 1.85. The number of imidazole rings is 2. The molecule has 6 unspecified atom stereocenters. The zero-order valence-electron chi connectivity index (χ0n) is 34.0. The first kappa shape index (κ1) is 41.7. The van der Waals surface area contributed by atoms with Crippen molar-refractivity contribution in [2.75, 3.05) is 27.3 Å². The number of likely N-dealkylation sites (tertiary alicyclic amines) is 2. The average Bonchev–Trinajstić information content (AvgIpc) is 4.05. The first-order valence-electron chi connectivity index (χ1n) is 19.4. The van der Waals surface area contributed by atoms with E-state index in [0.29, 0.717) is 53.6 Å². The monoisotopic (exact) mass is 810 g/mol. The third-order valence-corrected chi connectivity index (χ3v) is 11.1. The molecule has 3 aromatic heterocycles. The Bertz CT molecular complexity index is 2270. The van der Waals surface area contributed by atoms with Crippen LogP contribution in [0.1, 0.15) is 101 Å². The number of nitrogens with zero attached hydrogens (tertiary/aromatic N) is 6. The van der Waals surface area contributed by atoms with Gasteiger partial charge in [-0.2, -0.15) is 8.75 Å². The molecule has 6 rings (SSSR count). The number of ether oxygens (including phenoxy) is 2. The molecule has 0 bridgehead atoms. The van der Waals surface area contributed by atoms with Gasteiger partial charge in [0.1, 0.15) is 46.2 Å². The third-order valence-electron chi connectivity index (χ3n) is 10.5. The predicted molar refractivity (Wildman–Crippen MR) is 216 cm³/mol. The minimum atomic E-state index is -0.727. The predicted octanol–water partition coefficient (Wildman–Crippen LogP) is 4.71. The molecule has 17 heteroatoms. The van der Waals surface area contributed by atoms with Gasteiger partial charge in [0.15, 0.2) is 0 Å². The maximum Gasteiger partial charge on any atom is 0.407 e. The fourth-order valence-electron chi connectivity index (χ4n) is 7.52. The molecule has 2 fully saturated rings. The molecule has 4 N–H and O–H groups in total. The third kappa shape index (κ3) is 9.26. The summed E-state index contributed by atoms with van der Waals surface area (Å²) in [6.45, 7) is 12.8. The van der Waals surface area contributed by atoms with Crippen molar-refractivity contribution in [3.63, 3.8) is 0 Å². The zero-order chi connectivity index (χ0) is 41.7. The van der Waals surface area contributed by atoms with Gasteiger partial charge in [0.05, 0.1) is 56.0 Å². The van der Waals surface area contributed by atoms with Crippen molar-refractivity contribution >= 4 is 46.8 Å². The van der Waals surface area contributed by atoms with E-state index in [1.807, 2.05) is 39.8 Å². The molecule has 0 spiro atoms. The summed E-state index contributed by atoms with van der Waals surface area (Å²) < 4.78 is 18.6. The van der Waals surface area contributed by atoms with Gasteiger partial charge in [-0.05, 0) is 60.0 Å². The summed E-state index contributed by atoms with van der Waals surface area (Å²) >= 11 is 1.11. The normalized spacial score (nSPS) is 20.0. The van der Waals surface area contributed by atoms with E-state index < -0.39 is 24.3 Å². The summed E-state index contributed by atoms with van der Waals surface area (Å²) in [7, 11) is 2.55. The van der Waals surface area contributed by atoms with Crippen LogP contribution in [0, 0.1) is 47.4 Å². The quantitative estimate of drug-likeness (QED) is 0.172. The molecule has 0 aliphatic carbocycles. The van der Waals surface area contributed by atoms with E-state index in [1.54, 1.807) is 22.2 Å². The second-order valence-electron chi connectivity index (χ2n) is 15.7. The topological polar surface area (TPSA) is 200 Å². The number of amides is 4. The highest BCUT2D eigenvalue weighted by Gasteiger charge is 2.41. The van der Waals surface area contributed by atoms with Crippen molar-refractivity contribution in [1.82, 2.24) is 49.1 Å².